The van der Waals surface area contributed by atoms with Crippen LogP contribution in [-0.4, -0.2) is 7.05 Å². The van der Waals surface area contributed by atoms with Crippen LogP contribution in [0.3, 0.4) is 0 Å². The van der Waals surface area contributed by atoms with Gasteiger partial charge in [-0.1, -0.05) is 6.07 Å². The van der Waals surface area contributed by atoms with Crippen molar-refractivity contribution in [2.24, 2.45) is 0 Å². The zero-order chi connectivity index (χ0) is 12.4. The Hall–Kier alpha value is -1.26. The van der Waals surface area contributed by atoms with Gasteiger partial charge >= 0.3 is 0 Å². The van der Waals surface area contributed by atoms with Crippen molar-refractivity contribution in [1.82, 2.24) is 5.32 Å². The van der Waals surface area contributed by atoms with Gasteiger partial charge < -0.3 is 5.32 Å². The predicted octanol–water partition coefficient (Wildman–Crippen LogP) is 3.64. The van der Waals surface area contributed by atoms with E-state index in [2.05, 4.69) is 5.32 Å². The molecule has 0 radical (unpaired) electrons. The van der Waals surface area contributed by atoms with Gasteiger partial charge in [0.05, 0.1) is 6.04 Å². The molecule has 0 saturated heterocycles. The van der Waals surface area contributed by atoms with E-state index in [0.717, 1.165) is 22.1 Å². The lowest BCUT2D eigenvalue weighted by Crippen LogP contribution is -2.17. The van der Waals surface area contributed by atoms with Crippen molar-refractivity contribution >= 4 is 11.3 Å². The lowest BCUT2D eigenvalue weighted by molar-refractivity contribution is 0.505. The van der Waals surface area contributed by atoms with Gasteiger partial charge in [-0.25, -0.2) is 8.78 Å². The smallest absolute Gasteiger partial charge is 0.159 e. The lowest BCUT2D eigenvalue weighted by Gasteiger charge is -2.16. The Labute approximate surface area is 103 Å². The van der Waals surface area contributed by atoms with Gasteiger partial charge in [0.15, 0.2) is 11.6 Å². The molecule has 90 valence electrons. The van der Waals surface area contributed by atoms with Crippen molar-refractivity contribution in [3.8, 4) is 0 Å². The van der Waals surface area contributed by atoms with Gasteiger partial charge in [0.2, 0.25) is 0 Å². The van der Waals surface area contributed by atoms with E-state index in [1.54, 1.807) is 17.4 Å². The van der Waals surface area contributed by atoms with Crippen LogP contribution in [0.15, 0.2) is 29.6 Å². The Balaban J connectivity index is 2.42. The minimum atomic E-state index is -0.813. The number of hydrogen-bond donors (Lipinski definition) is 1. The molecule has 0 fully saturated rings. The van der Waals surface area contributed by atoms with Crippen LogP contribution in [0.25, 0.3) is 0 Å². The van der Waals surface area contributed by atoms with E-state index in [9.17, 15) is 8.78 Å². The van der Waals surface area contributed by atoms with Crippen LogP contribution in [-0.2, 0) is 0 Å². The molecule has 2 rings (SSSR count). The summed E-state index contributed by atoms with van der Waals surface area (Å²) in [5.74, 6) is -1.62. The molecular formula is C13H13F2NS. The molecule has 0 aliphatic rings. The third kappa shape index (κ3) is 2.37. The molecule has 1 N–H and O–H groups in total. The average molecular weight is 253 g/mol. The maximum Gasteiger partial charge on any atom is 0.159 e. The first-order valence-corrected chi connectivity index (χ1v) is 6.17. The van der Waals surface area contributed by atoms with Crippen molar-refractivity contribution in [2.45, 2.75) is 13.0 Å². The molecule has 4 heteroatoms. The second kappa shape index (κ2) is 4.94. The third-order valence-corrected chi connectivity index (χ3v) is 3.81. The first-order chi connectivity index (χ1) is 8.13. The van der Waals surface area contributed by atoms with E-state index in [1.807, 2.05) is 25.4 Å². The molecule has 0 saturated carbocycles. The van der Waals surface area contributed by atoms with Gasteiger partial charge in [-0.2, -0.15) is 0 Å². The summed E-state index contributed by atoms with van der Waals surface area (Å²) in [6.45, 7) is 2.01. The van der Waals surface area contributed by atoms with Crippen molar-refractivity contribution < 1.29 is 8.78 Å². The first kappa shape index (κ1) is 12.2. The van der Waals surface area contributed by atoms with E-state index < -0.39 is 11.6 Å². The number of thiophene rings is 1. The second-order valence-electron chi connectivity index (χ2n) is 3.86. The van der Waals surface area contributed by atoms with Gasteiger partial charge in [0, 0.05) is 4.88 Å². The predicted molar refractivity (Wildman–Crippen MR) is 66.3 cm³/mol. The van der Waals surface area contributed by atoms with Crippen LogP contribution in [0.5, 0.6) is 0 Å². The van der Waals surface area contributed by atoms with Crippen molar-refractivity contribution in [3.05, 3.63) is 57.3 Å². The van der Waals surface area contributed by atoms with E-state index in [0.29, 0.717) is 0 Å². The van der Waals surface area contributed by atoms with Crippen molar-refractivity contribution in [2.75, 3.05) is 7.05 Å². The van der Waals surface area contributed by atoms with E-state index in [-0.39, 0.29) is 6.04 Å². The number of benzene rings is 1. The van der Waals surface area contributed by atoms with Crippen molar-refractivity contribution in [1.29, 1.82) is 0 Å². The lowest BCUT2D eigenvalue weighted by atomic mass is 10.0. The highest BCUT2D eigenvalue weighted by Gasteiger charge is 2.17. The van der Waals surface area contributed by atoms with Crippen LogP contribution >= 0.6 is 11.3 Å². The number of hydrogen-bond acceptors (Lipinski definition) is 2. The molecule has 1 aromatic heterocycles. The summed E-state index contributed by atoms with van der Waals surface area (Å²) in [5, 5.41) is 5.12. The van der Waals surface area contributed by atoms with Gasteiger partial charge in [-0.3, -0.25) is 0 Å². The molecule has 1 unspecified atom stereocenters. The minimum Gasteiger partial charge on any atom is -0.309 e. The molecule has 0 amide bonds. The fraction of sp³-hybridized carbons (Fsp3) is 0.231. The zero-order valence-electron chi connectivity index (χ0n) is 9.63. The van der Waals surface area contributed by atoms with Crippen LogP contribution in [0.2, 0.25) is 0 Å². The van der Waals surface area contributed by atoms with Crippen molar-refractivity contribution in [3.63, 3.8) is 0 Å². The minimum absolute atomic E-state index is 0.0925. The summed E-state index contributed by atoms with van der Waals surface area (Å²) in [4.78, 5) is 1.12. The number of rotatable bonds is 3. The monoisotopic (exact) mass is 253 g/mol. The SMILES string of the molecule is CNC(c1ccc(F)c(F)c1)c1sccc1C. The highest BCUT2D eigenvalue weighted by atomic mass is 32.1. The molecule has 2 aromatic rings. The molecule has 0 aliphatic heterocycles. The normalized spacial score (nSPS) is 12.7. The molecule has 0 spiro atoms. The maximum atomic E-state index is 13.2. The standard InChI is InChI=1S/C13H13F2NS/c1-8-5-6-17-13(8)12(16-2)9-3-4-10(14)11(15)7-9/h3-7,12,16H,1-2H3. The molecule has 1 aromatic carbocycles. The summed E-state index contributed by atoms with van der Waals surface area (Å²) in [7, 11) is 1.81. The highest BCUT2D eigenvalue weighted by Crippen LogP contribution is 2.29. The molecule has 1 heterocycles. The molecule has 17 heavy (non-hydrogen) atoms. The van der Waals surface area contributed by atoms with Crippen LogP contribution < -0.4 is 5.32 Å². The zero-order valence-corrected chi connectivity index (χ0v) is 10.4. The first-order valence-electron chi connectivity index (χ1n) is 5.29. The molecule has 1 atom stereocenters. The van der Waals surface area contributed by atoms with Crippen LogP contribution in [0.4, 0.5) is 8.78 Å². The van der Waals surface area contributed by atoms with Gasteiger partial charge in [0.25, 0.3) is 0 Å². The summed E-state index contributed by atoms with van der Waals surface area (Å²) < 4.78 is 26.1. The Kier molecular flexibility index (Phi) is 3.54. The number of aryl methyl sites for hydroxylation is 1. The highest BCUT2D eigenvalue weighted by molar-refractivity contribution is 7.10. The van der Waals surface area contributed by atoms with Crippen LogP contribution in [0.1, 0.15) is 22.0 Å². The Morgan fingerprint density at radius 1 is 1.18 bits per heavy atom. The summed E-state index contributed by atoms with van der Waals surface area (Å²) in [5.41, 5.74) is 1.89. The quantitative estimate of drug-likeness (QED) is 0.880. The summed E-state index contributed by atoms with van der Waals surface area (Å²) in [6.07, 6.45) is 0. The van der Waals surface area contributed by atoms with E-state index in [1.165, 1.54) is 6.07 Å². The second-order valence-corrected chi connectivity index (χ2v) is 4.81. The Bertz CT molecular complexity index is 522. The van der Waals surface area contributed by atoms with E-state index >= 15 is 0 Å². The molecule has 0 aliphatic carbocycles. The maximum absolute atomic E-state index is 13.2. The molecule has 1 nitrogen and oxygen atoms in total. The Morgan fingerprint density at radius 3 is 2.47 bits per heavy atom. The van der Waals surface area contributed by atoms with Gasteiger partial charge in [-0.15, -0.1) is 11.3 Å². The van der Waals surface area contributed by atoms with Gasteiger partial charge in [-0.05, 0) is 48.7 Å². The number of halogens is 2. The fourth-order valence-corrected chi connectivity index (χ4v) is 2.88. The fourth-order valence-electron chi connectivity index (χ4n) is 1.82. The topological polar surface area (TPSA) is 12.0 Å². The third-order valence-electron chi connectivity index (χ3n) is 2.73. The van der Waals surface area contributed by atoms with Crippen LogP contribution in [0, 0.1) is 18.6 Å². The molecule has 0 bridgehead atoms. The van der Waals surface area contributed by atoms with E-state index in [4.69, 9.17) is 0 Å². The number of nitrogens with one attached hydrogen (secondary N) is 1. The largest absolute Gasteiger partial charge is 0.309 e. The summed E-state index contributed by atoms with van der Waals surface area (Å²) in [6, 6.07) is 5.95. The summed E-state index contributed by atoms with van der Waals surface area (Å²) >= 11 is 1.61. The average Bonchev–Trinajstić information content (AvgIpc) is 2.71. The molecular weight excluding hydrogens is 240 g/mol. The Morgan fingerprint density at radius 2 is 1.94 bits per heavy atom. The van der Waals surface area contributed by atoms with Gasteiger partial charge in [0.1, 0.15) is 0 Å².